The number of nitrogens with zero attached hydrogens (tertiary/aromatic N) is 3. The minimum Gasteiger partial charge on any atom is -0.368 e. The molecule has 4 rings (SSSR count). The first-order chi connectivity index (χ1) is 15.2. The van der Waals surface area contributed by atoms with Crippen molar-refractivity contribution in [2.24, 2.45) is 0 Å². The number of amides is 3. The summed E-state index contributed by atoms with van der Waals surface area (Å²) in [7, 11) is 0. The second-order valence-electron chi connectivity index (χ2n) is 7.29. The quantitative estimate of drug-likeness (QED) is 0.612. The van der Waals surface area contributed by atoms with Crippen molar-refractivity contribution in [1.82, 2.24) is 9.88 Å². The fraction of sp³-hybridized carbons (Fsp3) is 0.261. The Balaban J connectivity index is 1.21. The second kappa shape index (κ2) is 10.1. The van der Waals surface area contributed by atoms with Crippen molar-refractivity contribution in [3.63, 3.8) is 0 Å². The van der Waals surface area contributed by atoms with Crippen LogP contribution in [0.2, 0.25) is 0 Å². The van der Waals surface area contributed by atoms with E-state index < -0.39 is 0 Å². The molecule has 0 atom stereocenters. The van der Waals surface area contributed by atoms with Crippen LogP contribution in [0, 0.1) is 0 Å². The van der Waals surface area contributed by atoms with Crippen LogP contribution < -0.4 is 15.5 Å². The molecule has 1 aromatic heterocycles. The number of aromatic nitrogens is 1. The van der Waals surface area contributed by atoms with Crippen molar-refractivity contribution < 1.29 is 9.59 Å². The highest BCUT2D eigenvalue weighted by Gasteiger charge is 2.21. The topological polar surface area (TPSA) is 77.6 Å². The van der Waals surface area contributed by atoms with E-state index in [1.165, 1.54) is 17.0 Å². The van der Waals surface area contributed by atoms with Gasteiger partial charge in [0.2, 0.25) is 5.91 Å². The lowest BCUT2D eigenvalue weighted by Gasteiger charge is -2.36. The summed E-state index contributed by atoms with van der Waals surface area (Å²) in [5.41, 5.74) is 2.74. The first-order valence-electron chi connectivity index (χ1n) is 10.3. The third-order valence-corrected chi connectivity index (χ3v) is 5.96. The number of benzene rings is 2. The number of carbonyl (C=O) groups excluding carboxylic acids is 2. The summed E-state index contributed by atoms with van der Waals surface area (Å²) < 4.78 is 0. The SMILES string of the molecule is O=C(Nc1ccccc1)Nc1nc(CCC(=O)N2CCN(c3ccccc3)CC2)cs1. The van der Waals surface area contributed by atoms with E-state index in [1.54, 1.807) is 0 Å². The van der Waals surface area contributed by atoms with Gasteiger partial charge >= 0.3 is 6.03 Å². The maximum Gasteiger partial charge on any atom is 0.325 e. The zero-order valence-electron chi connectivity index (χ0n) is 17.2. The predicted octanol–water partition coefficient (Wildman–Crippen LogP) is 4.07. The number of thiazole rings is 1. The molecule has 31 heavy (non-hydrogen) atoms. The minimum atomic E-state index is -0.334. The normalized spacial score (nSPS) is 13.7. The first kappa shape index (κ1) is 20.9. The molecule has 0 aliphatic carbocycles. The molecule has 2 N–H and O–H groups in total. The lowest BCUT2D eigenvalue weighted by molar-refractivity contribution is -0.131. The van der Waals surface area contributed by atoms with E-state index in [4.69, 9.17) is 0 Å². The summed E-state index contributed by atoms with van der Waals surface area (Å²) in [5.74, 6) is 0.150. The van der Waals surface area contributed by atoms with Gasteiger partial charge in [-0.2, -0.15) is 0 Å². The van der Waals surface area contributed by atoms with E-state index in [0.717, 1.165) is 37.6 Å². The van der Waals surface area contributed by atoms with Crippen LogP contribution in [0.1, 0.15) is 12.1 Å². The van der Waals surface area contributed by atoms with E-state index in [-0.39, 0.29) is 11.9 Å². The summed E-state index contributed by atoms with van der Waals surface area (Å²) in [4.78, 5) is 33.3. The van der Waals surface area contributed by atoms with Gasteiger partial charge in [0.15, 0.2) is 5.13 Å². The molecule has 3 aromatic rings. The second-order valence-corrected chi connectivity index (χ2v) is 8.15. The number of aryl methyl sites for hydroxylation is 1. The van der Waals surface area contributed by atoms with Gasteiger partial charge in [-0.3, -0.25) is 10.1 Å². The van der Waals surface area contributed by atoms with Crippen LogP contribution >= 0.6 is 11.3 Å². The molecule has 3 amide bonds. The highest BCUT2D eigenvalue weighted by molar-refractivity contribution is 7.13. The summed E-state index contributed by atoms with van der Waals surface area (Å²) in [6.07, 6.45) is 0.987. The number of anilines is 3. The number of hydrogen-bond donors (Lipinski definition) is 2. The Kier molecular flexibility index (Phi) is 6.78. The third kappa shape index (κ3) is 5.82. The van der Waals surface area contributed by atoms with E-state index >= 15 is 0 Å². The molecule has 1 aliphatic rings. The molecule has 0 unspecified atom stereocenters. The maximum absolute atomic E-state index is 12.6. The van der Waals surface area contributed by atoms with Crippen LogP contribution in [0.25, 0.3) is 0 Å². The monoisotopic (exact) mass is 435 g/mol. The Morgan fingerprint density at radius 1 is 0.903 bits per heavy atom. The number of nitrogens with one attached hydrogen (secondary N) is 2. The summed E-state index contributed by atoms with van der Waals surface area (Å²) in [6, 6.07) is 19.2. The van der Waals surface area contributed by atoms with E-state index in [2.05, 4.69) is 32.7 Å². The third-order valence-electron chi connectivity index (χ3n) is 5.15. The average Bonchev–Trinajstić information content (AvgIpc) is 3.26. The van der Waals surface area contributed by atoms with Gasteiger partial charge in [-0.1, -0.05) is 36.4 Å². The van der Waals surface area contributed by atoms with Gasteiger partial charge < -0.3 is 15.1 Å². The molecule has 1 fully saturated rings. The molecule has 2 aromatic carbocycles. The molecule has 1 aliphatic heterocycles. The lowest BCUT2D eigenvalue weighted by Crippen LogP contribution is -2.48. The van der Waals surface area contributed by atoms with Crippen LogP contribution in [-0.4, -0.2) is 48.0 Å². The summed E-state index contributed by atoms with van der Waals surface area (Å²) in [6.45, 7) is 3.16. The van der Waals surface area contributed by atoms with E-state index in [0.29, 0.717) is 18.0 Å². The predicted molar refractivity (Wildman–Crippen MR) is 125 cm³/mol. The molecule has 0 saturated carbocycles. The number of rotatable bonds is 6. The number of carbonyl (C=O) groups is 2. The van der Waals surface area contributed by atoms with Crippen molar-refractivity contribution in [2.75, 3.05) is 41.7 Å². The largest absolute Gasteiger partial charge is 0.368 e. The highest BCUT2D eigenvalue weighted by atomic mass is 32.1. The van der Waals surface area contributed by atoms with E-state index in [9.17, 15) is 9.59 Å². The molecular formula is C23H25N5O2S. The molecule has 0 spiro atoms. The van der Waals surface area contributed by atoms with Gasteiger partial charge in [-0.25, -0.2) is 9.78 Å². The fourth-order valence-electron chi connectivity index (χ4n) is 3.51. The van der Waals surface area contributed by atoms with Crippen molar-refractivity contribution in [3.05, 3.63) is 71.7 Å². The molecule has 7 nitrogen and oxygen atoms in total. The molecule has 160 valence electrons. The summed E-state index contributed by atoms with van der Waals surface area (Å²) >= 11 is 1.36. The van der Waals surface area contributed by atoms with Crippen LogP contribution in [-0.2, 0) is 11.2 Å². The van der Waals surface area contributed by atoms with Crippen LogP contribution in [0.5, 0.6) is 0 Å². The van der Waals surface area contributed by atoms with Crippen LogP contribution in [0.3, 0.4) is 0 Å². The first-order valence-corrected chi connectivity index (χ1v) is 11.2. The highest BCUT2D eigenvalue weighted by Crippen LogP contribution is 2.19. The van der Waals surface area contributed by atoms with Gasteiger partial charge in [0.25, 0.3) is 0 Å². The van der Waals surface area contributed by atoms with Gasteiger partial charge in [0.1, 0.15) is 0 Å². The number of para-hydroxylation sites is 2. The molecular weight excluding hydrogens is 410 g/mol. The Labute approximate surface area is 185 Å². The van der Waals surface area contributed by atoms with E-state index in [1.807, 2.05) is 58.8 Å². The fourth-order valence-corrected chi connectivity index (χ4v) is 4.25. The minimum absolute atomic E-state index is 0.150. The Morgan fingerprint density at radius 3 is 2.29 bits per heavy atom. The number of hydrogen-bond acceptors (Lipinski definition) is 5. The van der Waals surface area contributed by atoms with Crippen LogP contribution in [0.4, 0.5) is 21.3 Å². The van der Waals surface area contributed by atoms with Crippen molar-refractivity contribution in [2.45, 2.75) is 12.8 Å². The van der Waals surface area contributed by atoms with Gasteiger partial charge in [0, 0.05) is 49.4 Å². The zero-order valence-corrected chi connectivity index (χ0v) is 18.0. The Bertz CT molecular complexity index is 1000. The molecule has 0 bridgehead atoms. The molecule has 0 radical (unpaired) electrons. The summed E-state index contributed by atoms with van der Waals surface area (Å²) in [5, 5.41) is 7.91. The Hall–Kier alpha value is -3.39. The molecule has 2 heterocycles. The Morgan fingerprint density at radius 2 is 1.58 bits per heavy atom. The number of urea groups is 1. The average molecular weight is 436 g/mol. The zero-order chi connectivity index (χ0) is 21.5. The van der Waals surface area contributed by atoms with Crippen molar-refractivity contribution in [3.8, 4) is 0 Å². The number of piperazine rings is 1. The van der Waals surface area contributed by atoms with Crippen LogP contribution in [0.15, 0.2) is 66.0 Å². The maximum atomic E-state index is 12.6. The lowest BCUT2D eigenvalue weighted by atomic mass is 10.2. The molecule has 8 heteroatoms. The van der Waals surface area contributed by atoms with Crippen molar-refractivity contribution >= 4 is 39.8 Å². The smallest absolute Gasteiger partial charge is 0.325 e. The molecule has 1 saturated heterocycles. The van der Waals surface area contributed by atoms with Gasteiger partial charge in [-0.15, -0.1) is 11.3 Å². The standard InChI is InChI=1S/C23H25N5O2S/c29-21(28-15-13-27(14-16-28)20-9-5-2-6-10-20)12-11-19-17-31-23(25-19)26-22(30)24-18-7-3-1-4-8-18/h1-10,17H,11-16H2,(H2,24,25,26,30). The van der Waals surface area contributed by atoms with Gasteiger partial charge in [0.05, 0.1) is 5.69 Å². The van der Waals surface area contributed by atoms with Gasteiger partial charge in [-0.05, 0) is 30.7 Å². The van der Waals surface area contributed by atoms with Crippen molar-refractivity contribution in [1.29, 1.82) is 0 Å².